The van der Waals surface area contributed by atoms with Gasteiger partial charge in [0.15, 0.2) is 5.78 Å². The van der Waals surface area contributed by atoms with Gasteiger partial charge in [-0.2, -0.15) is 0 Å². The van der Waals surface area contributed by atoms with Gasteiger partial charge in [-0.15, -0.1) is 0 Å². The molecule has 3 rings (SSSR count). The Morgan fingerprint density at radius 3 is 2.30 bits per heavy atom. The van der Waals surface area contributed by atoms with Crippen molar-refractivity contribution in [3.63, 3.8) is 0 Å². The van der Waals surface area contributed by atoms with E-state index in [1.807, 2.05) is 0 Å². The van der Waals surface area contributed by atoms with Crippen LogP contribution < -0.4 is 16.0 Å². The molecule has 0 radical (unpaired) electrons. The van der Waals surface area contributed by atoms with E-state index >= 15 is 0 Å². The molecule has 0 bridgehead atoms. The molecule has 2 aliphatic rings. The number of amides is 2. The predicted octanol–water partition coefficient (Wildman–Crippen LogP) is 0.500. The molecule has 11 nitrogen and oxygen atoms in total. The molecule has 4 N–H and O–H groups in total. The van der Waals surface area contributed by atoms with Crippen molar-refractivity contribution in [2.45, 2.75) is 62.4 Å². The van der Waals surface area contributed by atoms with Gasteiger partial charge >= 0.3 is 0 Å². The number of methoxy groups -OCH3 is 2. The van der Waals surface area contributed by atoms with Crippen molar-refractivity contribution in [1.29, 1.82) is 0 Å². The first-order chi connectivity index (χ1) is 17.5. The average molecular weight is 523 g/mol. The highest BCUT2D eigenvalue weighted by molar-refractivity contribution is 6.05. The molecule has 37 heavy (non-hydrogen) atoms. The van der Waals surface area contributed by atoms with Crippen molar-refractivity contribution in [3.05, 3.63) is 35.6 Å². The molecule has 2 amide bonds. The van der Waals surface area contributed by atoms with Gasteiger partial charge in [-0.25, -0.2) is 4.39 Å². The van der Waals surface area contributed by atoms with Crippen LogP contribution in [0.2, 0.25) is 0 Å². The van der Waals surface area contributed by atoms with Gasteiger partial charge in [-0.3, -0.25) is 19.7 Å². The summed E-state index contributed by atoms with van der Waals surface area (Å²) in [5.41, 5.74) is -1.18. The number of rotatable bonds is 14. The second-order valence-electron chi connectivity index (χ2n) is 9.77. The number of Topliss-reactive ketones (excluding diaryl/α,β-unsaturated/α-hetero) is 1. The molecule has 0 aromatic heterocycles. The van der Waals surface area contributed by atoms with Crippen LogP contribution in [0, 0.1) is 5.82 Å². The summed E-state index contributed by atoms with van der Waals surface area (Å²) in [5, 5.41) is 20.6. The van der Waals surface area contributed by atoms with E-state index in [2.05, 4.69) is 21.1 Å². The number of carbonyl (C=O) groups excluding carboxylic acids is 3. The Labute approximate surface area is 215 Å². The topological polar surface area (TPSA) is 151 Å². The summed E-state index contributed by atoms with van der Waals surface area (Å²) in [7, 11) is 2.82. The third kappa shape index (κ3) is 6.50. The SMILES string of the molecule is COC[C@H](NC(=O)[C@H](COC)N[C@@H](C)/C(C)=N\O)C(=O)N[C@]1(C(=O)[C@@]2(C)CO2)CC1c1ccc(F)cc1. The standard InChI is InChI=1S/C25H35FN4O7/c1-14(15(2)30-34)27-19(11-35-4)21(31)28-20(12-36-5)22(32)29-25(23(33)24(3)13-37-24)10-18(25)16-6-8-17(26)9-7-16/h6-9,14,18-20,27,34H,10-13H2,1-5H3,(H,28,31)(H,29,32)/b30-15-/t14-,18?,19-,20-,24+,25+/m0/s1. The fraction of sp³-hybridized carbons (Fsp3) is 0.600. The first-order valence-corrected chi connectivity index (χ1v) is 12.0. The molecular formula is C25H35FN4O7. The summed E-state index contributed by atoms with van der Waals surface area (Å²) < 4.78 is 29.1. The van der Waals surface area contributed by atoms with E-state index in [0.29, 0.717) is 17.7 Å². The van der Waals surface area contributed by atoms with Crippen molar-refractivity contribution in [2.24, 2.45) is 5.16 Å². The highest BCUT2D eigenvalue weighted by atomic mass is 19.1. The summed E-state index contributed by atoms with van der Waals surface area (Å²) in [4.78, 5) is 39.9. The minimum Gasteiger partial charge on any atom is -0.411 e. The van der Waals surface area contributed by atoms with Crippen molar-refractivity contribution >= 4 is 23.3 Å². The third-order valence-corrected chi connectivity index (χ3v) is 6.89. The van der Waals surface area contributed by atoms with Gasteiger partial charge in [0.05, 0.1) is 25.5 Å². The molecule has 1 aromatic rings. The van der Waals surface area contributed by atoms with Gasteiger partial charge in [0.25, 0.3) is 0 Å². The zero-order valence-corrected chi connectivity index (χ0v) is 21.7. The number of ketones is 1. The van der Waals surface area contributed by atoms with Gasteiger partial charge < -0.3 is 30.1 Å². The lowest BCUT2D eigenvalue weighted by Gasteiger charge is -2.27. The molecule has 204 valence electrons. The van der Waals surface area contributed by atoms with E-state index in [-0.39, 0.29) is 31.5 Å². The molecule has 0 spiro atoms. The number of epoxide rings is 1. The third-order valence-electron chi connectivity index (χ3n) is 6.89. The van der Waals surface area contributed by atoms with E-state index < -0.39 is 46.9 Å². The Bertz CT molecular complexity index is 1030. The van der Waals surface area contributed by atoms with Crippen molar-refractivity contribution < 1.29 is 38.2 Å². The van der Waals surface area contributed by atoms with Gasteiger partial charge in [-0.05, 0) is 44.9 Å². The highest BCUT2D eigenvalue weighted by Crippen LogP contribution is 2.55. The Morgan fingerprint density at radius 2 is 1.76 bits per heavy atom. The Balaban J connectivity index is 1.77. The van der Waals surface area contributed by atoms with Crippen LogP contribution in [0.25, 0.3) is 0 Å². The lowest BCUT2D eigenvalue weighted by molar-refractivity contribution is -0.135. The number of hydrogen-bond donors (Lipinski definition) is 4. The largest absolute Gasteiger partial charge is 0.411 e. The fourth-order valence-corrected chi connectivity index (χ4v) is 4.32. The number of nitrogens with zero attached hydrogens (tertiary/aromatic N) is 1. The molecule has 1 aliphatic carbocycles. The molecule has 1 aromatic carbocycles. The minimum absolute atomic E-state index is 0.0129. The molecule has 2 fully saturated rings. The number of halogens is 1. The normalized spacial score (nSPS) is 27.1. The molecule has 1 saturated heterocycles. The zero-order chi connectivity index (χ0) is 27.4. The van der Waals surface area contributed by atoms with Crippen LogP contribution in [0.4, 0.5) is 4.39 Å². The summed E-state index contributed by atoms with van der Waals surface area (Å²) in [6.45, 7) is 5.05. The van der Waals surface area contributed by atoms with E-state index in [9.17, 15) is 18.8 Å². The van der Waals surface area contributed by atoms with Gasteiger partial charge in [-0.1, -0.05) is 17.3 Å². The summed E-state index contributed by atoms with van der Waals surface area (Å²) >= 11 is 0. The maximum absolute atomic E-state index is 13.5. The Morgan fingerprint density at radius 1 is 1.16 bits per heavy atom. The van der Waals surface area contributed by atoms with Crippen molar-refractivity contribution in [1.82, 2.24) is 16.0 Å². The van der Waals surface area contributed by atoms with Gasteiger partial charge in [0.1, 0.15) is 29.0 Å². The maximum Gasteiger partial charge on any atom is 0.245 e. The molecule has 1 unspecified atom stereocenters. The number of hydrogen-bond acceptors (Lipinski definition) is 9. The first-order valence-electron chi connectivity index (χ1n) is 12.0. The molecule has 1 aliphatic heterocycles. The number of oxime groups is 1. The van der Waals surface area contributed by atoms with Crippen LogP contribution in [0.15, 0.2) is 29.4 Å². The smallest absolute Gasteiger partial charge is 0.245 e. The average Bonchev–Trinajstić information content (AvgIpc) is 3.79. The first kappa shape index (κ1) is 28.6. The van der Waals surface area contributed by atoms with E-state index in [0.717, 1.165) is 0 Å². The van der Waals surface area contributed by atoms with Crippen LogP contribution in [-0.2, 0) is 28.6 Å². The molecule has 6 atom stereocenters. The van der Waals surface area contributed by atoms with Gasteiger partial charge in [0, 0.05) is 26.2 Å². The van der Waals surface area contributed by atoms with Crippen LogP contribution in [0.5, 0.6) is 0 Å². The molecule has 1 saturated carbocycles. The summed E-state index contributed by atoms with van der Waals surface area (Å²) in [6.07, 6.45) is 0.320. The van der Waals surface area contributed by atoms with Gasteiger partial charge in [0.2, 0.25) is 11.8 Å². The van der Waals surface area contributed by atoms with Crippen molar-refractivity contribution in [2.75, 3.05) is 34.0 Å². The Hall–Kier alpha value is -2.93. The van der Waals surface area contributed by atoms with E-state index in [1.54, 1.807) is 32.9 Å². The Kier molecular flexibility index (Phi) is 9.00. The number of nitrogens with one attached hydrogen (secondary N) is 3. The molecule has 1 heterocycles. The quantitative estimate of drug-likeness (QED) is 0.119. The van der Waals surface area contributed by atoms with Crippen molar-refractivity contribution in [3.8, 4) is 0 Å². The predicted molar refractivity (Wildman–Crippen MR) is 131 cm³/mol. The maximum atomic E-state index is 13.5. The zero-order valence-electron chi connectivity index (χ0n) is 21.7. The highest BCUT2D eigenvalue weighted by Gasteiger charge is 2.68. The number of benzene rings is 1. The number of ether oxygens (including phenoxy) is 3. The van der Waals surface area contributed by atoms with E-state index in [4.69, 9.17) is 19.4 Å². The second kappa shape index (κ2) is 11.6. The molecular weight excluding hydrogens is 487 g/mol. The summed E-state index contributed by atoms with van der Waals surface area (Å²) in [5.74, 6) is -2.18. The van der Waals surface area contributed by atoms with Crippen LogP contribution in [0.3, 0.4) is 0 Å². The van der Waals surface area contributed by atoms with Crippen LogP contribution in [-0.4, -0.2) is 91.8 Å². The lowest BCUT2D eigenvalue weighted by atomic mass is 9.94. The number of carbonyl (C=O) groups is 3. The minimum atomic E-state index is -1.25. The van der Waals surface area contributed by atoms with Crippen LogP contribution >= 0.6 is 0 Å². The lowest BCUT2D eigenvalue weighted by Crippen LogP contribution is -2.60. The monoisotopic (exact) mass is 522 g/mol. The van der Waals surface area contributed by atoms with E-state index in [1.165, 1.54) is 26.4 Å². The fourth-order valence-electron chi connectivity index (χ4n) is 4.32. The molecule has 12 heteroatoms. The van der Waals surface area contributed by atoms with Crippen LogP contribution in [0.1, 0.15) is 38.7 Å². The second-order valence-corrected chi connectivity index (χ2v) is 9.77. The summed E-state index contributed by atoms with van der Waals surface area (Å²) in [6, 6.07) is 3.35.